The number of hydrogen-bond donors (Lipinski definition) is 1. The van der Waals surface area contributed by atoms with Gasteiger partial charge >= 0.3 is 0 Å². The van der Waals surface area contributed by atoms with E-state index in [0.717, 1.165) is 12.8 Å². The molecule has 0 aromatic rings. The van der Waals surface area contributed by atoms with Crippen molar-refractivity contribution < 1.29 is 9.59 Å². The molecule has 0 unspecified atom stereocenters. The molecule has 0 spiro atoms. The van der Waals surface area contributed by atoms with E-state index in [-0.39, 0.29) is 12.2 Å². The number of ketones is 1. The summed E-state index contributed by atoms with van der Waals surface area (Å²) in [5, 5.41) is 11.9. The lowest BCUT2D eigenvalue weighted by Gasteiger charge is -2.10. The Kier molecular flexibility index (Phi) is 3.80. The van der Waals surface area contributed by atoms with E-state index < -0.39 is 5.91 Å². The molecule has 1 N–H and O–H groups in total. The van der Waals surface area contributed by atoms with Gasteiger partial charge in [0, 0.05) is 6.42 Å². The molecule has 1 saturated carbocycles. The lowest BCUT2D eigenvalue weighted by Crippen LogP contribution is -2.25. The number of rotatable bonds is 2. The van der Waals surface area contributed by atoms with Crippen molar-refractivity contribution in [2.75, 3.05) is 0 Å². The number of carbonyl (C=O) groups is 2. The number of hydrazone groups is 1. The van der Waals surface area contributed by atoms with Crippen LogP contribution in [-0.2, 0) is 9.59 Å². The van der Waals surface area contributed by atoms with E-state index in [9.17, 15) is 9.59 Å². The Labute approximate surface area is 81.8 Å². The second kappa shape index (κ2) is 5.12. The quantitative estimate of drug-likeness (QED) is 0.649. The van der Waals surface area contributed by atoms with Crippen LogP contribution in [0.3, 0.4) is 0 Å². The highest BCUT2D eigenvalue weighted by atomic mass is 16.2. The van der Waals surface area contributed by atoms with Gasteiger partial charge in [0.25, 0.3) is 5.91 Å². The first-order chi connectivity index (χ1) is 6.74. The fourth-order valence-corrected chi connectivity index (χ4v) is 1.22. The molecule has 14 heavy (non-hydrogen) atoms. The van der Waals surface area contributed by atoms with Crippen LogP contribution in [0.2, 0.25) is 0 Å². The zero-order valence-electron chi connectivity index (χ0n) is 7.75. The van der Waals surface area contributed by atoms with E-state index in [2.05, 4.69) is 10.5 Å². The van der Waals surface area contributed by atoms with Gasteiger partial charge in [0.1, 0.15) is 12.1 Å². The van der Waals surface area contributed by atoms with Gasteiger partial charge in [-0.05, 0) is 19.3 Å². The minimum atomic E-state index is -0.474. The summed E-state index contributed by atoms with van der Waals surface area (Å²) in [6.07, 6.45) is 2.71. The molecule has 1 fully saturated rings. The van der Waals surface area contributed by atoms with E-state index >= 15 is 0 Å². The van der Waals surface area contributed by atoms with Crippen molar-refractivity contribution in [3.8, 4) is 6.07 Å². The van der Waals surface area contributed by atoms with E-state index in [0.29, 0.717) is 18.6 Å². The Bertz CT molecular complexity index is 315. The molecule has 0 radical (unpaired) electrons. The topological polar surface area (TPSA) is 82.3 Å². The molecular weight excluding hydrogens is 182 g/mol. The fourth-order valence-electron chi connectivity index (χ4n) is 1.22. The molecule has 0 aliphatic heterocycles. The molecule has 1 aliphatic rings. The largest absolute Gasteiger partial charge is 0.293 e. The van der Waals surface area contributed by atoms with Gasteiger partial charge in [-0.2, -0.15) is 10.4 Å². The van der Waals surface area contributed by atoms with Crippen molar-refractivity contribution in [2.24, 2.45) is 5.10 Å². The SMILES string of the molecule is N#CCC(=O)NN=C1CCCCC1=O. The summed E-state index contributed by atoms with van der Waals surface area (Å²) >= 11 is 0. The Morgan fingerprint density at radius 2 is 2.21 bits per heavy atom. The maximum Gasteiger partial charge on any atom is 0.254 e. The molecule has 5 heteroatoms. The van der Waals surface area contributed by atoms with Crippen LogP contribution in [0.5, 0.6) is 0 Å². The number of carbonyl (C=O) groups excluding carboxylic acids is 2. The van der Waals surface area contributed by atoms with Crippen molar-refractivity contribution in [1.82, 2.24) is 5.43 Å². The zero-order chi connectivity index (χ0) is 10.4. The maximum atomic E-state index is 11.2. The van der Waals surface area contributed by atoms with Crippen molar-refractivity contribution in [3.63, 3.8) is 0 Å². The Morgan fingerprint density at radius 3 is 2.86 bits per heavy atom. The van der Waals surface area contributed by atoms with Gasteiger partial charge in [0.15, 0.2) is 5.78 Å². The number of amides is 1. The van der Waals surface area contributed by atoms with Gasteiger partial charge in [-0.15, -0.1) is 0 Å². The Hall–Kier alpha value is -1.70. The molecule has 1 rings (SSSR count). The van der Waals surface area contributed by atoms with Crippen LogP contribution in [0.4, 0.5) is 0 Å². The van der Waals surface area contributed by atoms with E-state index in [1.165, 1.54) is 0 Å². The van der Waals surface area contributed by atoms with Crippen LogP contribution >= 0.6 is 0 Å². The van der Waals surface area contributed by atoms with E-state index in [4.69, 9.17) is 5.26 Å². The first-order valence-corrected chi connectivity index (χ1v) is 4.49. The van der Waals surface area contributed by atoms with Crippen LogP contribution in [0, 0.1) is 11.3 Å². The standard InChI is InChI=1S/C9H11N3O2/c10-6-5-9(14)12-11-7-3-1-2-4-8(7)13/h1-5H2,(H,12,14). The number of nitrogens with zero attached hydrogens (tertiary/aromatic N) is 2. The highest BCUT2D eigenvalue weighted by molar-refractivity contribution is 6.40. The summed E-state index contributed by atoms with van der Waals surface area (Å²) in [7, 11) is 0. The summed E-state index contributed by atoms with van der Waals surface area (Å²) < 4.78 is 0. The van der Waals surface area contributed by atoms with Crippen molar-refractivity contribution in [1.29, 1.82) is 5.26 Å². The third kappa shape index (κ3) is 2.98. The average Bonchev–Trinajstić information content (AvgIpc) is 2.17. The fraction of sp³-hybridized carbons (Fsp3) is 0.556. The van der Waals surface area contributed by atoms with Crippen LogP contribution in [0.1, 0.15) is 32.1 Å². The van der Waals surface area contributed by atoms with Crippen LogP contribution in [0.15, 0.2) is 5.10 Å². The summed E-state index contributed by atoms with van der Waals surface area (Å²) in [5.74, 6) is -0.480. The van der Waals surface area contributed by atoms with Gasteiger partial charge in [0.2, 0.25) is 0 Å². The van der Waals surface area contributed by atoms with Gasteiger partial charge in [-0.1, -0.05) is 0 Å². The minimum Gasteiger partial charge on any atom is -0.293 e. The van der Waals surface area contributed by atoms with E-state index in [1.54, 1.807) is 6.07 Å². The molecule has 0 aromatic carbocycles. The summed E-state index contributed by atoms with van der Waals surface area (Å²) in [4.78, 5) is 22.1. The van der Waals surface area contributed by atoms with E-state index in [1.807, 2.05) is 0 Å². The third-order valence-corrected chi connectivity index (χ3v) is 1.94. The molecule has 1 amide bonds. The van der Waals surface area contributed by atoms with Crippen molar-refractivity contribution >= 4 is 17.4 Å². The number of hydrogen-bond acceptors (Lipinski definition) is 4. The maximum absolute atomic E-state index is 11.2. The lowest BCUT2D eigenvalue weighted by atomic mass is 9.97. The lowest BCUT2D eigenvalue weighted by molar-refractivity contribution is -0.120. The number of nitrogens with one attached hydrogen (secondary N) is 1. The van der Waals surface area contributed by atoms with Crippen molar-refractivity contribution in [2.45, 2.75) is 32.1 Å². The summed E-state index contributed by atoms with van der Waals surface area (Å²) in [5.41, 5.74) is 2.61. The molecule has 0 aromatic heterocycles. The molecule has 74 valence electrons. The molecule has 5 nitrogen and oxygen atoms in total. The normalized spacial score (nSPS) is 19.1. The average molecular weight is 193 g/mol. The monoisotopic (exact) mass is 193 g/mol. The predicted octanol–water partition coefficient (Wildman–Crippen LogP) is 0.515. The Balaban J connectivity index is 2.47. The van der Waals surface area contributed by atoms with Gasteiger partial charge < -0.3 is 0 Å². The first kappa shape index (κ1) is 10.4. The molecule has 0 saturated heterocycles. The number of Topliss-reactive ketones (excluding diaryl/α,β-unsaturated/α-hetero) is 1. The van der Waals surface area contributed by atoms with Gasteiger partial charge in [-0.3, -0.25) is 9.59 Å². The smallest absolute Gasteiger partial charge is 0.254 e. The highest BCUT2D eigenvalue weighted by Gasteiger charge is 2.16. The zero-order valence-corrected chi connectivity index (χ0v) is 7.75. The van der Waals surface area contributed by atoms with Crippen LogP contribution < -0.4 is 5.43 Å². The first-order valence-electron chi connectivity index (χ1n) is 4.49. The number of nitriles is 1. The summed E-state index contributed by atoms with van der Waals surface area (Å²) in [6, 6.07) is 1.70. The molecule has 0 atom stereocenters. The second-order valence-electron chi connectivity index (χ2n) is 3.06. The Morgan fingerprint density at radius 1 is 1.50 bits per heavy atom. The molecule has 0 heterocycles. The molecule has 1 aliphatic carbocycles. The highest BCUT2D eigenvalue weighted by Crippen LogP contribution is 2.11. The third-order valence-electron chi connectivity index (χ3n) is 1.94. The second-order valence-corrected chi connectivity index (χ2v) is 3.06. The molecular formula is C9H11N3O2. The minimum absolute atomic E-state index is 0.00601. The van der Waals surface area contributed by atoms with Crippen LogP contribution in [-0.4, -0.2) is 17.4 Å². The van der Waals surface area contributed by atoms with Crippen molar-refractivity contribution in [3.05, 3.63) is 0 Å². The van der Waals surface area contributed by atoms with Gasteiger partial charge in [0.05, 0.1) is 6.07 Å². The summed E-state index contributed by atoms with van der Waals surface area (Å²) in [6.45, 7) is 0. The van der Waals surface area contributed by atoms with Gasteiger partial charge in [-0.25, -0.2) is 5.43 Å². The van der Waals surface area contributed by atoms with Crippen LogP contribution in [0.25, 0.3) is 0 Å². The molecule has 0 bridgehead atoms. The predicted molar refractivity (Wildman–Crippen MR) is 49.3 cm³/mol.